The van der Waals surface area contributed by atoms with Crippen molar-refractivity contribution in [2.24, 2.45) is 0 Å². The van der Waals surface area contributed by atoms with Crippen molar-refractivity contribution < 1.29 is 18.0 Å². The van der Waals surface area contributed by atoms with Crippen molar-refractivity contribution in [2.75, 3.05) is 16.3 Å². The normalized spacial score (nSPS) is 13.9. The van der Waals surface area contributed by atoms with Crippen LogP contribution in [0.5, 0.6) is 0 Å². The van der Waals surface area contributed by atoms with Gasteiger partial charge < -0.3 is 10.6 Å². The molecule has 0 unspecified atom stereocenters. The SMILES string of the molecule is CS(=O)(=O)Nc1ccccc1NC(=O)/C=C/c1ccc(C(=O)NC2CC2)cc1. The zero-order valence-electron chi connectivity index (χ0n) is 15.3. The van der Waals surface area contributed by atoms with E-state index in [0.717, 1.165) is 24.7 Å². The van der Waals surface area contributed by atoms with E-state index in [0.29, 0.717) is 17.3 Å². The average Bonchev–Trinajstić information content (AvgIpc) is 3.45. The lowest BCUT2D eigenvalue weighted by Gasteiger charge is -2.10. The summed E-state index contributed by atoms with van der Waals surface area (Å²) in [6, 6.07) is 13.8. The number of carbonyl (C=O) groups is 2. The predicted molar refractivity (Wildman–Crippen MR) is 110 cm³/mol. The van der Waals surface area contributed by atoms with E-state index in [4.69, 9.17) is 0 Å². The van der Waals surface area contributed by atoms with Crippen LogP contribution in [0.2, 0.25) is 0 Å². The molecule has 1 fully saturated rings. The molecule has 0 spiro atoms. The summed E-state index contributed by atoms with van der Waals surface area (Å²) < 4.78 is 25.2. The number of rotatable bonds is 7. The fourth-order valence-electron chi connectivity index (χ4n) is 2.47. The molecule has 0 aliphatic heterocycles. The minimum Gasteiger partial charge on any atom is -0.349 e. The van der Waals surface area contributed by atoms with Crippen molar-refractivity contribution in [3.63, 3.8) is 0 Å². The second kappa shape index (κ2) is 8.26. The smallest absolute Gasteiger partial charge is 0.251 e. The van der Waals surface area contributed by atoms with E-state index in [9.17, 15) is 18.0 Å². The highest BCUT2D eigenvalue weighted by atomic mass is 32.2. The van der Waals surface area contributed by atoms with E-state index in [2.05, 4.69) is 15.4 Å². The zero-order chi connectivity index (χ0) is 20.1. The fraction of sp³-hybridized carbons (Fsp3) is 0.200. The summed E-state index contributed by atoms with van der Waals surface area (Å²) in [4.78, 5) is 24.1. The third-order valence-electron chi connectivity index (χ3n) is 3.99. The Bertz CT molecular complexity index is 1010. The van der Waals surface area contributed by atoms with Crippen molar-refractivity contribution in [3.8, 4) is 0 Å². The van der Waals surface area contributed by atoms with Crippen LogP contribution in [-0.2, 0) is 14.8 Å². The molecule has 28 heavy (non-hydrogen) atoms. The molecule has 146 valence electrons. The Labute approximate surface area is 163 Å². The second-order valence-corrected chi connectivity index (χ2v) is 8.36. The Morgan fingerprint density at radius 3 is 2.25 bits per heavy atom. The van der Waals surface area contributed by atoms with Gasteiger partial charge in [-0.25, -0.2) is 8.42 Å². The molecule has 8 heteroatoms. The molecule has 0 radical (unpaired) electrons. The quantitative estimate of drug-likeness (QED) is 0.623. The number of sulfonamides is 1. The third kappa shape index (κ3) is 5.95. The lowest BCUT2D eigenvalue weighted by molar-refractivity contribution is -0.111. The molecule has 2 amide bonds. The van der Waals surface area contributed by atoms with Crippen molar-refractivity contribution in [2.45, 2.75) is 18.9 Å². The lowest BCUT2D eigenvalue weighted by atomic mass is 10.1. The van der Waals surface area contributed by atoms with Crippen molar-refractivity contribution in [3.05, 3.63) is 65.7 Å². The molecular weight excluding hydrogens is 378 g/mol. The number of amides is 2. The molecule has 1 aliphatic carbocycles. The topological polar surface area (TPSA) is 104 Å². The van der Waals surface area contributed by atoms with Gasteiger partial charge in [0.25, 0.3) is 5.91 Å². The summed E-state index contributed by atoms with van der Waals surface area (Å²) in [6.45, 7) is 0. The van der Waals surface area contributed by atoms with Crippen LogP contribution in [0.1, 0.15) is 28.8 Å². The molecular formula is C20H21N3O4S. The van der Waals surface area contributed by atoms with E-state index in [1.54, 1.807) is 54.6 Å². The monoisotopic (exact) mass is 399 g/mol. The molecule has 3 rings (SSSR count). The Kier molecular flexibility index (Phi) is 5.79. The first-order valence-electron chi connectivity index (χ1n) is 8.77. The summed E-state index contributed by atoms with van der Waals surface area (Å²) >= 11 is 0. The van der Waals surface area contributed by atoms with Crippen molar-refractivity contribution >= 4 is 39.3 Å². The van der Waals surface area contributed by atoms with Gasteiger partial charge in [-0.1, -0.05) is 24.3 Å². The average molecular weight is 399 g/mol. The number of hydrogen-bond donors (Lipinski definition) is 3. The molecule has 1 saturated carbocycles. The van der Waals surface area contributed by atoms with Crippen LogP contribution in [0.25, 0.3) is 6.08 Å². The maximum atomic E-state index is 12.2. The highest BCUT2D eigenvalue weighted by Gasteiger charge is 2.23. The van der Waals surface area contributed by atoms with Gasteiger partial charge in [-0.3, -0.25) is 14.3 Å². The summed E-state index contributed by atoms with van der Waals surface area (Å²) in [7, 11) is -3.46. The van der Waals surface area contributed by atoms with Gasteiger partial charge >= 0.3 is 0 Å². The van der Waals surface area contributed by atoms with E-state index < -0.39 is 15.9 Å². The summed E-state index contributed by atoms with van der Waals surface area (Å²) in [5.74, 6) is -0.496. The standard InChI is InChI=1S/C20H21N3O4S/c1-28(26,27)23-18-5-3-2-4-17(18)22-19(24)13-8-14-6-9-15(10-7-14)20(25)21-16-11-12-16/h2-10,13,16,23H,11-12H2,1H3,(H,21,25)(H,22,24)/b13-8+. The van der Waals surface area contributed by atoms with Gasteiger partial charge in [0.1, 0.15) is 0 Å². The van der Waals surface area contributed by atoms with E-state index >= 15 is 0 Å². The van der Waals surface area contributed by atoms with Gasteiger partial charge in [0, 0.05) is 17.7 Å². The summed E-state index contributed by atoms with van der Waals surface area (Å²) in [5.41, 5.74) is 1.99. The van der Waals surface area contributed by atoms with Gasteiger partial charge in [-0.05, 0) is 48.7 Å². The van der Waals surface area contributed by atoms with Crippen LogP contribution in [0.15, 0.2) is 54.6 Å². The molecule has 0 saturated heterocycles. The summed E-state index contributed by atoms with van der Waals surface area (Å²) in [5, 5.41) is 5.56. The Morgan fingerprint density at radius 1 is 1.00 bits per heavy atom. The molecule has 2 aromatic rings. The third-order valence-corrected chi connectivity index (χ3v) is 4.58. The molecule has 0 heterocycles. The summed E-state index contributed by atoms with van der Waals surface area (Å²) in [6.07, 6.45) is 6.07. The molecule has 7 nitrogen and oxygen atoms in total. The number of nitrogens with one attached hydrogen (secondary N) is 3. The first kappa shape index (κ1) is 19.6. The van der Waals surface area contributed by atoms with Crippen LogP contribution in [0.3, 0.4) is 0 Å². The molecule has 0 atom stereocenters. The fourth-order valence-corrected chi connectivity index (χ4v) is 3.05. The predicted octanol–water partition coefficient (Wildman–Crippen LogP) is 2.60. The first-order valence-corrected chi connectivity index (χ1v) is 10.7. The highest BCUT2D eigenvalue weighted by molar-refractivity contribution is 7.92. The van der Waals surface area contributed by atoms with Gasteiger partial charge in [-0.15, -0.1) is 0 Å². The molecule has 2 aromatic carbocycles. The number of benzene rings is 2. The minimum atomic E-state index is -3.46. The maximum absolute atomic E-state index is 12.2. The minimum absolute atomic E-state index is 0.0919. The second-order valence-electron chi connectivity index (χ2n) is 6.61. The van der Waals surface area contributed by atoms with Crippen LogP contribution < -0.4 is 15.4 Å². The van der Waals surface area contributed by atoms with E-state index in [1.165, 1.54) is 6.08 Å². The molecule has 1 aliphatic rings. The number of anilines is 2. The highest BCUT2D eigenvalue weighted by Crippen LogP contribution is 2.22. The van der Waals surface area contributed by atoms with Gasteiger partial charge in [0.2, 0.25) is 15.9 Å². The van der Waals surface area contributed by atoms with Crippen LogP contribution in [0, 0.1) is 0 Å². The molecule has 0 bridgehead atoms. The Hall–Kier alpha value is -3.13. The maximum Gasteiger partial charge on any atom is 0.251 e. The van der Waals surface area contributed by atoms with Crippen LogP contribution >= 0.6 is 0 Å². The number of hydrogen-bond acceptors (Lipinski definition) is 4. The first-order chi connectivity index (χ1) is 13.3. The lowest BCUT2D eigenvalue weighted by Crippen LogP contribution is -2.25. The molecule has 0 aromatic heterocycles. The number of para-hydroxylation sites is 2. The zero-order valence-corrected chi connectivity index (χ0v) is 16.1. The van der Waals surface area contributed by atoms with Crippen LogP contribution in [0.4, 0.5) is 11.4 Å². The van der Waals surface area contributed by atoms with Crippen LogP contribution in [-0.4, -0.2) is 32.5 Å². The van der Waals surface area contributed by atoms with Gasteiger partial charge in [0.15, 0.2) is 0 Å². The largest absolute Gasteiger partial charge is 0.349 e. The number of carbonyl (C=O) groups excluding carboxylic acids is 2. The van der Waals surface area contributed by atoms with Gasteiger partial charge in [-0.2, -0.15) is 0 Å². The Morgan fingerprint density at radius 2 is 1.64 bits per heavy atom. The molecule has 3 N–H and O–H groups in total. The van der Waals surface area contributed by atoms with E-state index in [1.807, 2.05) is 0 Å². The van der Waals surface area contributed by atoms with E-state index in [-0.39, 0.29) is 11.6 Å². The van der Waals surface area contributed by atoms with Gasteiger partial charge in [0.05, 0.1) is 17.6 Å². The van der Waals surface area contributed by atoms with Crippen molar-refractivity contribution in [1.29, 1.82) is 0 Å². The Balaban J connectivity index is 1.62. The van der Waals surface area contributed by atoms with Crippen molar-refractivity contribution in [1.82, 2.24) is 5.32 Å².